The van der Waals surface area contributed by atoms with Gasteiger partial charge in [0.1, 0.15) is 5.75 Å². The Hall–Kier alpha value is -2.00. The second-order valence-electron chi connectivity index (χ2n) is 9.35. The molecule has 4 aliphatic rings. The minimum atomic E-state index is -0.0947. The Balaban J connectivity index is 1.34. The van der Waals surface area contributed by atoms with Crippen LogP contribution in [0.1, 0.15) is 48.9 Å². The Morgan fingerprint density at radius 2 is 1.64 bits per heavy atom. The highest BCUT2D eigenvalue weighted by Crippen LogP contribution is 2.59. The van der Waals surface area contributed by atoms with Crippen LogP contribution in [-0.2, 0) is 0 Å². The number of amides is 1. The Bertz CT molecular complexity index is 887. The third kappa shape index (κ3) is 3.30. The SMILES string of the molecule is O=C(NCC12CC3CC(CC(C3)C1)C2)c1cc(-c2cccc(O)c2)ccc1Cl. The van der Waals surface area contributed by atoms with E-state index >= 15 is 0 Å². The van der Waals surface area contributed by atoms with Crippen LogP contribution >= 0.6 is 11.6 Å². The van der Waals surface area contributed by atoms with Gasteiger partial charge in [0.25, 0.3) is 5.91 Å². The fraction of sp³-hybridized carbons (Fsp3) is 0.458. The second-order valence-corrected chi connectivity index (χ2v) is 9.75. The van der Waals surface area contributed by atoms with Crippen LogP contribution < -0.4 is 5.32 Å². The molecular formula is C24H26ClNO2. The second kappa shape index (κ2) is 6.81. The summed E-state index contributed by atoms with van der Waals surface area (Å²) in [7, 11) is 0. The number of hydrogen-bond donors (Lipinski definition) is 2. The van der Waals surface area contributed by atoms with E-state index in [1.807, 2.05) is 18.2 Å². The fourth-order valence-corrected chi connectivity index (χ4v) is 6.64. The van der Waals surface area contributed by atoms with Crippen molar-refractivity contribution in [2.45, 2.75) is 38.5 Å². The Morgan fingerprint density at radius 3 is 2.29 bits per heavy atom. The van der Waals surface area contributed by atoms with E-state index in [9.17, 15) is 9.90 Å². The molecule has 0 atom stereocenters. The van der Waals surface area contributed by atoms with Crippen LogP contribution in [0.4, 0.5) is 0 Å². The first kappa shape index (κ1) is 18.1. The van der Waals surface area contributed by atoms with E-state index in [1.165, 1.54) is 38.5 Å². The molecule has 0 aliphatic heterocycles. The molecule has 0 saturated heterocycles. The highest BCUT2D eigenvalue weighted by atomic mass is 35.5. The van der Waals surface area contributed by atoms with Crippen molar-refractivity contribution in [2.75, 3.05) is 6.54 Å². The number of carbonyl (C=O) groups is 1. The highest BCUT2D eigenvalue weighted by Gasteiger charge is 2.50. The molecule has 0 spiro atoms. The summed E-state index contributed by atoms with van der Waals surface area (Å²) in [6, 6.07) is 12.5. The number of aromatic hydroxyl groups is 1. The van der Waals surface area contributed by atoms with Gasteiger partial charge in [-0.1, -0.05) is 29.8 Å². The summed E-state index contributed by atoms with van der Waals surface area (Å²) >= 11 is 6.35. The number of benzene rings is 2. The number of rotatable bonds is 4. The molecule has 4 fully saturated rings. The lowest BCUT2D eigenvalue weighted by molar-refractivity contribution is -0.0503. The van der Waals surface area contributed by atoms with Gasteiger partial charge in [-0.05, 0) is 97.1 Å². The van der Waals surface area contributed by atoms with Gasteiger partial charge in [0, 0.05) is 6.54 Å². The quantitative estimate of drug-likeness (QED) is 0.701. The standard InChI is InChI=1S/C24H26ClNO2/c25-22-5-4-19(18-2-1-3-20(27)9-18)10-21(22)23(28)26-14-24-11-15-6-16(12-24)8-17(7-15)13-24/h1-5,9-10,15-17,27H,6-8,11-14H2,(H,26,28). The summed E-state index contributed by atoms with van der Waals surface area (Å²) in [5, 5.41) is 13.4. The van der Waals surface area contributed by atoms with Gasteiger partial charge < -0.3 is 10.4 Å². The topological polar surface area (TPSA) is 49.3 Å². The van der Waals surface area contributed by atoms with Gasteiger partial charge >= 0.3 is 0 Å². The Kier molecular flexibility index (Phi) is 4.39. The van der Waals surface area contributed by atoms with Gasteiger partial charge in [0.15, 0.2) is 0 Å². The van der Waals surface area contributed by atoms with E-state index in [4.69, 9.17) is 11.6 Å². The Morgan fingerprint density at radius 1 is 1.00 bits per heavy atom. The summed E-state index contributed by atoms with van der Waals surface area (Å²) in [4.78, 5) is 13.0. The molecule has 146 valence electrons. The molecule has 0 heterocycles. The average Bonchev–Trinajstić information content (AvgIpc) is 2.65. The van der Waals surface area contributed by atoms with Crippen molar-refractivity contribution in [1.29, 1.82) is 0 Å². The normalized spacial score (nSPS) is 30.4. The number of nitrogens with one attached hydrogen (secondary N) is 1. The van der Waals surface area contributed by atoms with Crippen molar-refractivity contribution in [3.8, 4) is 16.9 Å². The first-order valence-electron chi connectivity index (χ1n) is 10.4. The summed E-state index contributed by atoms with van der Waals surface area (Å²) in [6.07, 6.45) is 8.05. The minimum Gasteiger partial charge on any atom is -0.508 e. The van der Waals surface area contributed by atoms with Crippen LogP contribution in [-0.4, -0.2) is 17.6 Å². The number of hydrogen-bond acceptors (Lipinski definition) is 2. The summed E-state index contributed by atoms with van der Waals surface area (Å²) in [5.41, 5.74) is 2.55. The van der Waals surface area contributed by atoms with Crippen LogP contribution in [0.5, 0.6) is 5.75 Å². The predicted molar refractivity (Wildman–Crippen MR) is 111 cm³/mol. The minimum absolute atomic E-state index is 0.0947. The molecule has 0 aromatic heterocycles. The van der Waals surface area contributed by atoms with E-state index in [2.05, 4.69) is 5.32 Å². The fourth-order valence-electron chi connectivity index (χ4n) is 6.43. The smallest absolute Gasteiger partial charge is 0.252 e. The predicted octanol–water partition coefficient (Wildman–Crippen LogP) is 5.66. The first-order chi connectivity index (χ1) is 13.5. The van der Waals surface area contributed by atoms with Gasteiger partial charge in [-0.2, -0.15) is 0 Å². The van der Waals surface area contributed by atoms with Crippen LogP contribution in [0.25, 0.3) is 11.1 Å². The van der Waals surface area contributed by atoms with Crippen LogP contribution in [0, 0.1) is 23.2 Å². The molecule has 0 radical (unpaired) electrons. The molecule has 4 saturated carbocycles. The van der Waals surface area contributed by atoms with Gasteiger partial charge in [-0.15, -0.1) is 0 Å². The molecule has 2 aromatic rings. The maximum Gasteiger partial charge on any atom is 0.252 e. The van der Waals surface area contributed by atoms with Gasteiger partial charge in [0.2, 0.25) is 0 Å². The summed E-state index contributed by atoms with van der Waals surface area (Å²) in [6.45, 7) is 0.766. The lowest BCUT2D eigenvalue weighted by Gasteiger charge is -2.56. The maximum atomic E-state index is 13.0. The van der Waals surface area contributed by atoms with E-state index < -0.39 is 0 Å². The van der Waals surface area contributed by atoms with E-state index in [0.717, 1.165) is 35.4 Å². The van der Waals surface area contributed by atoms with Crippen molar-refractivity contribution >= 4 is 17.5 Å². The molecule has 1 amide bonds. The van der Waals surface area contributed by atoms with Crippen LogP contribution in [0.3, 0.4) is 0 Å². The van der Waals surface area contributed by atoms with Crippen LogP contribution in [0.2, 0.25) is 5.02 Å². The summed E-state index contributed by atoms with van der Waals surface area (Å²) < 4.78 is 0. The zero-order valence-electron chi connectivity index (χ0n) is 16.0. The van der Waals surface area contributed by atoms with Crippen molar-refractivity contribution in [1.82, 2.24) is 5.32 Å². The molecule has 4 aliphatic carbocycles. The molecule has 6 rings (SSSR count). The number of phenols is 1. The monoisotopic (exact) mass is 395 g/mol. The zero-order valence-corrected chi connectivity index (χ0v) is 16.7. The molecule has 4 heteroatoms. The molecule has 0 unspecified atom stereocenters. The van der Waals surface area contributed by atoms with Gasteiger partial charge in [-0.25, -0.2) is 0 Å². The third-order valence-electron chi connectivity index (χ3n) is 7.18. The van der Waals surface area contributed by atoms with E-state index in [0.29, 0.717) is 16.0 Å². The molecule has 28 heavy (non-hydrogen) atoms. The lowest BCUT2D eigenvalue weighted by atomic mass is 9.49. The molecule has 2 N–H and O–H groups in total. The maximum absolute atomic E-state index is 13.0. The number of carbonyl (C=O) groups excluding carboxylic acids is 1. The molecular weight excluding hydrogens is 370 g/mol. The molecule has 2 aromatic carbocycles. The average molecular weight is 396 g/mol. The van der Waals surface area contributed by atoms with Crippen molar-refractivity contribution in [3.05, 3.63) is 53.1 Å². The third-order valence-corrected chi connectivity index (χ3v) is 7.51. The Labute approximate surface area is 171 Å². The zero-order chi connectivity index (χ0) is 19.3. The van der Waals surface area contributed by atoms with E-state index in [1.54, 1.807) is 24.3 Å². The molecule has 4 bridgehead atoms. The lowest BCUT2D eigenvalue weighted by Crippen LogP contribution is -2.51. The highest BCUT2D eigenvalue weighted by molar-refractivity contribution is 6.34. The number of phenolic OH excluding ortho intramolecular Hbond substituents is 1. The van der Waals surface area contributed by atoms with Crippen LogP contribution in [0.15, 0.2) is 42.5 Å². The van der Waals surface area contributed by atoms with Crippen molar-refractivity contribution in [2.24, 2.45) is 23.2 Å². The first-order valence-corrected chi connectivity index (χ1v) is 10.7. The summed E-state index contributed by atoms with van der Waals surface area (Å²) in [5.74, 6) is 2.74. The van der Waals surface area contributed by atoms with Crippen molar-refractivity contribution < 1.29 is 9.90 Å². The number of halogens is 1. The van der Waals surface area contributed by atoms with Gasteiger partial charge in [-0.3, -0.25) is 4.79 Å². The van der Waals surface area contributed by atoms with E-state index in [-0.39, 0.29) is 11.7 Å². The largest absolute Gasteiger partial charge is 0.508 e. The van der Waals surface area contributed by atoms with Crippen molar-refractivity contribution in [3.63, 3.8) is 0 Å². The van der Waals surface area contributed by atoms with Gasteiger partial charge in [0.05, 0.1) is 10.6 Å². The molecule has 3 nitrogen and oxygen atoms in total.